The number of nitrogens with one attached hydrogen (secondary N) is 1. The fraction of sp³-hybridized carbons (Fsp3) is 0.300. The van der Waals surface area contributed by atoms with Crippen molar-refractivity contribution < 1.29 is 14.3 Å². The third kappa shape index (κ3) is 4.51. The molecule has 0 saturated heterocycles. The molecule has 1 unspecified atom stereocenters. The number of rotatable bonds is 6. The summed E-state index contributed by atoms with van der Waals surface area (Å²) in [7, 11) is 3.13. The molecule has 1 atom stereocenters. The Morgan fingerprint density at radius 2 is 1.92 bits per heavy atom. The standard InChI is InChI=1S/C20H22N2O3/c1-13-5-7-18(14(2)9-13)22-20(23)16(12-21)10-15-11-17(24-3)6-8-19(15)25-4/h5-9,11,16H,10H2,1-4H3,(H,22,23). The van der Waals surface area contributed by atoms with Gasteiger partial charge in [0.05, 0.1) is 20.3 Å². The molecular formula is C20H22N2O3. The number of nitriles is 1. The molecule has 0 saturated carbocycles. The van der Waals surface area contributed by atoms with Gasteiger partial charge in [0.1, 0.15) is 17.4 Å². The zero-order valence-corrected chi connectivity index (χ0v) is 14.9. The molecule has 0 spiro atoms. The lowest BCUT2D eigenvalue weighted by Gasteiger charge is -2.15. The average Bonchev–Trinajstić information content (AvgIpc) is 2.61. The number of nitrogens with zero attached hydrogens (tertiary/aromatic N) is 1. The lowest BCUT2D eigenvalue weighted by molar-refractivity contribution is -0.118. The topological polar surface area (TPSA) is 71.3 Å². The molecule has 25 heavy (non-hydrogen) atoms. The molecule has 5 heteroatoms. The molecule has 130 valence electrons. The first-order valence-electron chi connectivity index (χ1n) is 7.97. The van der Waals surface area contributed by atoms with Gasteiger partial charge >= 0.3 is 0 Å². The molecule has 2 aromatic rings. The molecule has 0 aromatic heterocycles. The SMILES string of the molecule is COc1ccc(OC)c(CC(C#N)C(=O)Nc2ccc(C)cc2C)c1. The number of carbonyl (C=O) groups excluding carboxylic acids is 1. The van der Waals surface area contributed by atoms with Gasteiger partial charge in [0, 0.05) is 12.1 Å². The van der Waals surface area contributed by atoms with E-state index in [0.717, 1.165) is 16.7 Å². The van der Waals surface area contributed by atoms with Crippen LogP contribution >= 0.6 is 0 Å². The van der Waals surface area contributed by atoms with Gasteiger partial charge in [0.2, 0.25) is 5.91 Å². The largest absolute Gasteiger partial charge is 0.497 e. The molecule has 0 radical (unpaired) electrons. The van der Waals surface area contributed by atoms with Crippen molar-refractivity contribution in [2.24, 2.45) is 5.92 Å². The molecule has 1 N–H and O–H groups in total. The van der Waals surface area contributed by atoms with Gasteiger partial charge in [-0.15, -0.1) is 0 Å². The fourth-order valence-electron chi connectivity index (χ4n) is 2.63. The van der Waals surface area contributed by atoms with Crippen LogP contribution in [0.1, 0.15) is 16.7 Å². The molecule has 0 fully saturated rings. The van der Waals surface area contributed by atoms with Crippen LogP contribution in [-0.4, -0.2) is 20.1 Å². The second-order valence-corrected chi connectivity index (χ2v) is 5.87. The maximum atomic E-state index is 12.5. The van der Waals surface area contributed by atoms with Gasteiger partial charge in [0.25, 0.3) is 0 Å². The van der Waals surface area contributed by atoms with Crippen LogP contribution in [0.4, 0.5) is 5.69 Å². The Morgan fingerprint density at radius 1 is 1.16 bits per heavy atom. The van der Waals surface area contributed by atoms with Crippen molar-refractivity contribution in [1.29, 1.82) is 5.26 Å². The van der Waals surface area contributed by atoms with Crippen LogP contribution in [0.5, 0.6) is 11.5 Å². The van der Waals surface area contributed by atoms with Gasteiger partial charge in [-0.05, 0) is 49.2 Å². The molecule has 2 aromatic carbocycles. The number of aryl methyl sites for hydroxylation is 2. The van der Waals surface area contributed by atoms with Crippen LogP contribution in [0, 0.1) is 31.1 Å². The van der Waals surface area contributed by atoms with E-state index in [2.05, 4.69) is 11.4 Å². The normalized spacial score (nSPS) is 11.3. The molecule has 1 amide bonds. The van der Waals surface area contributed by atoms with Crippen LogP contribution in [0.2, 0.25) is 0 Å². The van der Waals surface area contributed by atoms with Crippen molar-refractivity contribution in [2.75, 3.05) is 19.5 Å². The average molecular weight is 338 g/mol. The smallest absolute Gasteiger partial charge is 0.242 e. The van der Waals surface area contributed by atoms with E-state index >= 15 is 0 Å². The van der Waals surface area contributed by atoms with Gasteiger partial charge in [0.15, 0.2) is 0 Å². The van der Waals surface area contributed by atoms with Crippen molar-refractivity contribution in [2.45, 2.75) is 20.3 Å². The molecule has 0 heterocycles. The summed E-state index contributed by atoms with van der Waals surface area (Å²) in [6.45, 7) is 3.92. The first-order chi connectivity index (χ1) is 12.0. The third-order valence-electron chi connectivity index (χ3n) is 4.02. The molecule has 2 rings (SSSR count). The number of methoxy groups -OCH3 is 2. The maximum Gasteiger partial charge on any atom is 0.242 e. The second kappa shape index (κ2) is 8.20. The highest BCUT2D eigenvalue weighted by Crippen LogP contribution is 2.27. The van der Waals surface area contributed by atoms with Gasteiger partial charge in [-0.25, -0.2) is 0 Å². The van der Waals surface area contributed by atoms with Gasteiger partial charge in [-0.1, -0.05) is 17.7 Å². The fourth-order valence-corrected chi connectivity index (χ4v) is 2.63. The minimum atomic E-state index is -0.832. The summed E-state index contributed by atoms with van der Waals surface area (Å²) in [5.41, 5.74) is 3.55. The summed E-state index contributed by atoms with van der Waals surface area (Å²) in [5, 5.41) is 12.3. The highest BCUT2D eigenvalue weighted by molar-refractivity contribution is 5.95. The Hall–Kier alpha value is -3.00. The van der Waals surface area contributed by atoms with E-state index in [4.69, 9.17) is 9.47 Å². The minimum absolute atomic E-state index is 0.244. The Balaban J connectivity index is 2.19. The summed E-state index contributed by atoms with van der Waals surface area (Å²) >= 11 is 0. The van der Waals surface area contributed by atoms with Crippen LogP contribution in [-0.2, 0) is 11.2 Å². The van der Waals surface area contributed by atoms with Gasteiger partial charge in [-0.2, -0.15) is 5.26 Å². The van der Waals surface area contributed by atoms with E-state index in [9.17, 15) is 10.1 Å². The van der Waals surface area contributed by atoms with Crippen molar-refractivity contribution in [3.05, 3.63) is 53.1 Å². The zero-order valence-electron chi connectivity index (χ0n) is 14.9. The van der Waals surface area contributed by atoms with Gasteiger partial charge in [-0.3, -0.25) is 4.79 Å². The molecule has 0 aliphatic carbocycles. The molecule has 0 aliphatic rings. The van der Waals surface area contributed by atoms with Crippen LogP contribution in [0.3, 0.4) is 0 Å². The lowest BCUT2D eigenvalue weighted by atomic mass is 9.98. The van der Waals surface area contributed by atoms with E-state index in [-0.39, 0.29) is 12.3 Å². The number of hydrogen-bond acceptors (Lipinski definition) is 4. The Bertz CT molecular complexity index is 809. The first kappa shape index (κ1) is 18.3. The van der Waals surface area contributed by atoms with E-state index in [0.29, 0.717) is 17.2 Å². The minimum Gasteiger partial charge on any atom is -0.497 e. The van der Waals surface area contributed by atoms with Gasteiger partial charge < -0.3 is 14.8 Å². The van der Waals surface area contributed by atoms with Crippen LogP contribution in [0.15, 0.2) is 36.4 Å². The first-order valence-corrected chi connectivity index (χ1v) is 7.97. The number of carbonyl (C=O) groups is 1. The zero-order chi connectivity index (χ0) is 18.4. The third-order valence-corrected chi connectivity index (χ3v) is 4.02. The predicted octanol–water partition coefficient (Wildman–Crippen LogP) is 3.64. The summed E-state index contributed by atoms with van der Waals surface area (Å²) in [5.74, 6) is 0.115. The van der Waals surface area contributed by atoms with E-state index in [1.165, 1.54) is 0 Å². The maximum absolute atomic E-state index is 12.5. The van der Waals surface area contributed by atoms with E-state index in [1.54, 1.807) is 32.4 Å². The summed E-state index contributed by atoms with van der Waals surface area (Å²) in [6, 6.07) is 13.2. The van der Waals surface area contributed by atoms with E-state index < -0.39 is 5.92 Å². The summed E-state index contributed by atoms with van der Waals surface area (Å²) < 4.78 is 10.5. The molecule has 0 aliphatic heterocycles. The Morgan fingerprint density at radius 3 is 2.52 bits per heavy atom. The Labute approximate surface area is 148 Å². The quantitative estimate of drug-likeness (QED) is 0.873. The van der Waals surface area contributed by atoms with E-state index in [1.807, 2.05) is 32.0 Å². The number of ether oxygens (including phenoxy) is 2. The lowest BCUT2D eigenvalue weighted by Crippen LogP contribution is -2.24. The van der Waals surface area contributed by atoms with Crippen LogP contribution in [0.25, 0.3) is 0 Å². The number of hydrogen-bond donors (Lipinski definition) is 1. The molecular weight excluding hydrogens is 316 g/mol. The second-order valence-electron chi connectivity index (χ2n) is 5.87. The summed E-state index contributed by atoms with van der Waals surface area (Å²) in [4.78, 5) is 12.5. The number of benzene rings is 2. The van der Waals surface area contributed by atoms with Crippen molar-refractivity contribution in [1.82, 2.24) is 0 Å². The van der Waals surface area contributed by atoms with Crippen molar-refractivity contribution in [3.63, 3.8) is 0 Å². The van der Waals surface area contributed by atoms with Crippen molar-refractivity contribution >= 4 is 11.6 Å². The van der Waals surface area contributed by atoms with Crippen molar-refractivity contribution in [3.8, 4) is 17.6 Å². The molecule has 5 nitrogen and oxygen atoms in total. The monoisotopic (exact) mass is 338 g/mol. The highest BCUT2D eigenvalue weighted by atomic mass is 16.5. The summed E-state index contributed by atoms with van der Waals surface area (Å²) in [6.07, 6.45) is 0.244. The number of anilines is 1. The molecule has 0 bridgehead atoms. The predicted molar refractivity (Wildman–Crippen MR) is 96.9 cm³/mol. The van der Waals surface area contributed by atoms with Crippen LogP contribution < -0.4 is 14.8 Å². The highest BCUT2D eigenvalue weighted by Gasteiger charge is 2.21. The Kier molecular flexibility index (Phi) is 6.02. The number of amides is 1.